The Morgan fingerprint density at radius 3 is 2.47 bits per heavy atom. The van der Waals surface area contributed by atoms with Crippen LogP contribution < -0.4 is 5.32 Å². The van der Waals surface area contributed by atoms with Crippen molar-refractivity contribution in [1.82, 2.24) is 10.2 Å². The minimum atomic E-state index is -0.0400. The lowest BCUT2D eigenvalue weighted by molar-refractivity contribution is 0.131. The van der Waals surface area contributed by atoms with Crippen LogP contribution in [0, 0.1) is 5.92 Å². The minimum Gasteiger partial charge on any atom is -0.394 e. The van der Waals surface area contributed by atoms with Gasteiger partial charge >= 0.3 is 0 Å². The molecule has 0 aromatic rings. The van der Waals surface area contributed by atoms with E-state index in [4.69, 9.17) is 0 Å². The van der Waals surface area contributed by atoms with Crippen LogP contribution >= 0.6 is 0 Å². The number of nitrogens with zero attached hydrogens (tertiary/aromatic N) is 1. The van der Waals surface area contributed by atoms with Crippen molar-refractivity contribution in [3.8, 4) is 0 Å². The van der Waals surface area contributed by atoms with Gasteiger partial charge in [-0.25, -0.2) is 0 Å². The van der Waals surface area contributed by atoms with Crippen LogP contribution in [0.3, 0.4) is 0 Å². The average Bonchev–Trinajstić information content (AvgIpc) is 2.79. The standard InChI is InChI=1S/C16H34N2O/c1-6-14(5)11-18(7-2)15-8-9-16(10-15,12-19)17-13(3)4/h13-15,17,19H,6-12H2,1-5H3. The molecule has 114 valence electrons. The SMILES string of the molecule is CCC(C)CN(CC)C1CCC(CO)(NC(C)C)C1. The number of aliphatic hydroxyl groups is 1. The van der Waals surface area contributed by atoms with Crippen molar-refractivity contribution in [3.63, 3.8) is 0 Å². The Hall–Kier alpha value is -0.120. The third-order valence-electron chi connectivity index (χ3n) is 4.65. The van der Waals surface area contributed by atoms with Crippen molar-refractivity contribution in [2.75, 3.05) is 19.7 Å². The predicted octanol–water partition coefficient (Wildman–Crippen LogP) is 2.64. The minimum absolute atomic E-state index is 0.0400. The number of nitrogens with one attached hydrogen (secondary N) is 1. The number of hydrogen-bond donors (Lipinski definition) is 2. The molecule has 0 heterocycles. The first-order valence-electron chi connectivity index (χ1n) is 8.09. The van der Waals surface area contributed by atoms with E-state index < -0.39 is 0 Å². The summed E-state index contributed by atoms with van der Waals surface area (Å²) in [5, 5.41) is 13.4. The summed E-state index contributed by atoms with van der Waals surface area (Å²) in [5.74, 6) is 0.766. The van der Waals surface area contributed by atoms with E-state index in [9.17, 15) is 5.11 Å². The Labute approximate surface area is 119 Å². The quantitative estimate of drug-likeness (QED) is 0.712. The predicted molar refractivity (Wildman–Crippen MR) is 82.4 cm³/mol. The van der Waals surface area contributed by atoms with Crippen LogP contribution in [-0.4, -0.2) is 47.3 Å². The molecule has 0 radical (unpaired) electrons. The molecule has 19 heavy (non-hydrogen) atoms. The molecule has 1 rings (SSSR count). The van der Waals surface area contributed by atoms with Crippen molar-refractivity contribution in [1.29, 1.82) is 0 Å². The van der Waals surface area contributed by atoms with Crippen molar-refractivity contribution in [3.05, 3.63) is 0 Å². The van der Waals surface area contributed by atoms with Crippen LogP contribution in [0.4, 0.5) is 0 Å². The molecule has 0 bridgehead atoms. The van der Waals surface area contributed by atoms with Crippen LogP contribution in [-0.2, 0) is 0 Å². The summed E-state index contributed by atoms with van der Waals surface area (Å²) in [6, 6.07) is 1.08. The van der Waals surface area contributed by atoms with E-state index in [1.807, 2.05) is 0 Å². The normalized spacial score (nSPS) is 29.4. The fourth-order valence-electron chi connectivity index (χ4n) is 3.41. The summed E-state index contributed by atoms with van der Waals surface area (Å²) in [4.78, 5) is 2.62. The van der Waals surface area contributed by atoms with Gasteiger partial charge in [0.1, 0.15) is 0 Å². The monoisotopic (exact) mass is 270 g/mol. The molecule has 0 aromatic carbocycles. The van der Waals surface area contributed by atoms with Gasteiger partial charge < -0.3 is 15.3 Å². The van der Waals surface area contributed by atoms with E-state index in [2.05, 4.69) is 44.8 Å². The zero-order chi connectivity index (χ0) is 14.5. The Balaban J connectivity index is 2.61. The molecule has 0 aromatic heterocycles. The van der Waals surface area contributed by atoms with Gasteiger partial charge in [0.25, 0.3) is 0 Å². The summed E-state index contributed by atoms with van der Waals surface area (Å²) < 4.78 is 0. The highest BCUT2D eigenvalue weighted by molar-refractivity contribution is 5.00. The molecule has 0 amide bonds. The summed E-state index contributed by atoms with van der Waals surface area (Å²) in [6.45, 7) is 13.8. The molecule has 1 aliphatic rings. The highest BCUT2D eigenvalue weighted by Crippen LogP contribution is 2.33. The van der Waals surface area contributed by atoms with Gasteiger partial charge in [-0.15, -0.1) is 0 Å². The highest BCUT2D eigenvalue weighted by Gasteiger charge is 2.40. The Kier molecular flexibility index (Phi) is 6.78. The van der Waals surface area contributed by atoms with Gasteiger partial charge in [0.2, 0.25) is 0 Å². The third kappa shape index (κ3) is 4.73. The van der Waals surface area contributed by atoms with Gasteiger partial charge in [0.05, 0.1) is 6.61 Å². The fraction of sp³-hybridized carbons (Fsp3) is 1.00. The molecule has 1 fully saturated rings. The molecular weight excluding hydrogens is 236 g/mol. The maximum Gasteiger partial charge on any atom is 0.0614 e. The topological polar surface area (TPSA) is 35.5 Å². The summed E-state index contributed by atoms with van der Waals surface area (Å²) in [7, 11) is 0. The van der Waals surface area contributed by atoms with E-state index in [-0.39, 0.29) is 12.1 Å². The second-order valence-corrected chi connectivity index (χ2v) is 6.74. The molecule has 0 spiro atoms. The first-order valence-corrected chi connectivity index (χ1v) is 8.09. The van der Waals surface area contributed by atoms with Gasteiger partial charge in [-0.2, -0.15) is 0 Å². The van der Waals surface area contributed by atoms with E-state index in [0.717, 1.165) is 25.3 Å². The smallest absolute Gasteiger partial charge is 0.0614 e. The molecule has 0 saturated heterocycles. The molecule has 3 atom stereocenters. The first kappa shape index (κ1) is 16.9. The second-order valence-electron chi connectivity index (χ2n) is 6.74. The molecule has 3 nitrogen and oxygen atoms in total. The number of rotatable bonds is 8. The van der Waals surface area contributed by atoms with E-state index in [1.54, 1.807) is 0 Å². The zero-order valence-electron chi connectivity index (χ0n) is 13.6. The van der Waals surface area contributed by atoms with E-state index >= 15 is 0 Å². The lowest BCUT2D eigenvalue weighted by Gasteiger charge is -2.34. The van der Waals surface area contributed by atoms with E-state index in [1.165, 1.54) is 19.4 Å². The van der Waals surface area contributed by atoms with Crippen molar-refractivity contribution < 1.29 is 5.11 Å². The molecule has 1 saturated carbocycles. The lowest BCUT2D eigenvalue weighted by Crippen LogP contribution is -2.51. The Morgan fingerprint density at radius 2 is 2.00 bits per heavy atom. The number of hydrogen-bond acceptors (Lipinski definition) is 3. The molecule has 1 aliphatic carbocycles. The third-order valence-corrected chi connectivity index (χ3v) is 4.65. The maximum absolute atomic E-state index is 9.78. The average molecular weight is 270 g/mol. The van der Waals surface area contributed by atoms with Gasteiger partial charge in [-0.05, 0) is 31.7 Å². The largest absolute Gasteiger partial charge is 0.394 e. The van der Waals surface area contributed by atoms with Crippen LogP contribution in [0.1, 0.15) is 60.3 Å². The van der Waals surface area contributed by atoms with Crippen molar-refractivity contribution in [2.24, 2.45) is 5.92 Å². The Bertz CT molecular complexity index is 257. The summed E-state index contributed by atoms with van der Waals surface area (Å²) >= 11 is 0. The van der Waals surface area contributed by atoms with Gasteiger partial charge in [0, 0.05) is 24.2 Å². The van der Waals surface area contributed by atoms with Gasteiger partial charge in [-0.3, -0.25) is 0 Å². The van der Waals surface area contributed by atoms with Crippen molar-refractivity contribution in [2.45, 2.75) is 77.9 Å². The summed E-state index contributed by atoms with van der Waals surface area (Å²) in [5.41, 5.74) is -0.0400. The first-order chi connectivity index (χ1) is 8.96. The molecule has 3 heteroatoms. The van der Waals surface area contributed by atoms with Crippen LogP contribution in [0.15, 0.2) is 0 Å². The van der Waals surface area contributed by atoms with Crippen molar-refractivity contribution >= 4 is 0 Å². The zero-order valence-corrected chi connectivity index (χ0v) is 13.6. The van der Waals surface area contributed by atoms with E-state index in [0.29, 0.717) is 12.1 Å². The highest BCUT2D eigenvalue weighted by atomic mass is 16.3. The molecular formula is C16H34N2O. The van der Waals surface area contributed by atoms with Crippen LogP contribution in [0.25, 0.3) is 0 Å². The number of aliphatic hydroxyl groups excluding tert-OH is 1. The van der Waals surface area contributed by atoms with Crippen LogP contribution in [0.2, 0.25) is 0 Å². The Morgan fingerprint density at radius 1 is 1.32 bits per heavy atom. The molecule has 3 unspecified atom stereocenters. The second kappa shape index (κ2) is 7.61. The molecule has 0 aliphatic heterocycles. The van der Waals surface area contributed by atoms with Gasteiger partial charge in [0.15, 0.2) is 0 Å². The fourth-order valence-corrected chi connectivity index (χ4v) is 3.41. The summed E-state index contributed by atoms with van der Waals surface area (Å²) in [6.07, 6.45) is 4.65. The molecule has 2 N–H and O–H groups in total. The van der Waals surface area contributed by atoms with Crippen LogP contribution in [0.5, 0.6) is 0 Å². The maximum atomic E-state index is 9.78. The van der Waals surface area contributed by atoms with Gasteiger partial charge in [-0.1, -0.05) is 41.0 Å². The lowest BCUT2D eigenvalue weighted by atomic mass is 9.97.